The lowest BCUT2D eigenvalue weighted by Crippen LogP contribution is -2.58. The van der Waals surface area contributed by atoms with Crippen LogP contribution in [0.25, 0.3) is 0 Å². The van der Waals surface area contributed by atoms with Gasteiger partial charge in [0.2, 0.25) is 5.91 Å². The van der Waals surface area contributed by atoms with Gasteiger partial charge in [-0.25, -0.2) is 0 Å². The van der Waals surface area contributed by atoms with Gasteiger partial charge < -0.3 is 16.4 Å². The molecule has 0 radical (unpaired) electrons. The number of rotatable bonds is 4. The number of carbonyl (C=O) groups excluding carboxylic acids is 1. The highest BCUT2D eigenvalue weighted by molar-refractivity contribution is 5.84. The zero-order valence-corrected chi connectivity index (χ0v) is 10.8. The second-order valence-corrected chi connectivity index (χ2v) is 5.74. The monoisotopic (exact) mass is 215 g/mol. The van der Waals surface area contributed by atoms with E-state index >= 15 is 0 Å². The Balaban J connectivity index is 4.50. The summed E-state index contributed by atoms with van der Waals surface area (Å²) >= 11 is 0. The van der Waals surface area contributed by atoms with Crippen LogP contribution in [0, 0.1) is 5.41 Å². The molecule has 0 heterocycles. The van der Waals surface area contributed by atoms with Crippen molar-refractivity contribution < 1.29 is 4.79 Å². The molecule has 0 aromatic carbocycles. The van der Waals surface area contributed by atoms with Gasteiger partial charge in [0.25, 0.3) is 0 Å². The minimum atomic E-state index is -0.964. The largest absolute Gasteiger partial charge is 0.368 e. The van der Waals surface area contributed by atoms with E-state index in [1.165, 1.54) is 0 Å². The van der Waals surface area contributed by atoms with Crippen molar-refractivity contribution in [2.45, 2.75) is 46.2 Å². The Labute approximate surface area is 93.0 Å². The summed E-state index contributed by atoms with van der Waals surface area (Å²) in [4.78, 5) is 13.2. The van der Waals surface area contributed by atoms with Gasteiger partial charge in [-0.05, 0) is 26.3 Å². The Kier molecular flexibility index (Phi) is 4.31. The van der Waals surface area contributed by atoms with E-state index < -0.39 is 11.4 Å². The molecule has 2 unspecified atom stereocenters. The first kappa shape index (κ1) is 14.4. The molecule has 1 amide bonds. The maximum Gasteiger partial charge on any atom is 0.238 e. The molecule has 0 aliphatic heterocycles. The first-order valence-electron chi connectivity index (χ1n) is 5.27. The zero-order chi connectivity index (χ0) is 12.4. The summed E-state index contributed by atoms with van der Waals surface area (Å²) in [7, 11) is 1.96. The summed E-state index contributed by atoms with van der Waals surface area (Å²) in [5.41, 5.74) is 10.3. The Hall–Kier alpha value is -0.610. The molecule has 0 aromatic heterocycles. The highest BCUT2D eigenvalue weighted by Gasteiger charge is 2.32. The van der Waals surface area contributed by atoms with Crippen LogP contribution in [0.2, 0.25) is 0 Å². The average Bonchev–Trinajstić information content (AvgIpc) is 2.00. The van der Waals surface area contributed by atoms with Crippen molar-refractivity contribution in [3.05, 3.63) is 0 Å². The molecule has 15 heavy (non-hydrogen) atoms. The number of nitrogens with two attached hydrogens (primary N) is 2. The second kappa shape index (κ2) is 4.49. The van der Waals surface area contributed by atoms with Crippen molar-refractivity contribution in [2.75, 3.05) is 13.6 Å². The summed E-state index contributed by atoms with van der Waals surface area (Å²) in [6.07, 6.45) is 0. The lowest BCUT2D eigenvalue weighted by Gasteiger charge is -2.38. The van der Waals surface area contributed by atoms with Gasteiger partial charge in [0.1, 0.15) is 5.54 Å². The number of amides is 1. The quantitative estimate of drug-likeness (QED) is 0.719. The molecule has 4 nitrogen and oxygen atoms in total. The van der Waals surface area contributed by atoms with Gasteiger partial charge in [0.15, 0.2) is 0 Å². The Morgan fingerprint density at radius 3 is 2.00 bits per heavy atom. The SMILES string of the molecule is CC(N(C)CC(C)(N)C(N)=O)C(C)(C)C. The predicted octanol–water partition coefficient (Wildman–Crippen LogP) is 0.556. The van der Waals surface area contributed by atoms with E-state index in [4.69, 9.17) is 11.5 Å². The molecule has 4 heteroatoms. The van der Waals surface area contributed by atoms with Crippen molar-refractivity contribution in [3.63, 3.8) is 0 Å². The van der Waals surface area contributed by atoms with E-state index in [2.05, 4.69) is 32.6 Å². The fourth-order valence-electron chi connectivity index (χ4n) is 1.39. The number of hydrogen-bond acceptors (Lipinski definition) is 3. The van der Waals surface area contributed by atoms with Gasteiger partial charge in [0, 0.05) is 12.6 Å². The first-order valence-corrected chi connectivity index (χ1v) is 5.27. The lowest BCUT2D eigenvalue weighted by atomic mass is 9.86. The number of primary amides is 1. The normalized spacial score (nSPS) is 18.7. The number of hydrogen-bond donors (Lipinski definition) is 2. The number of nitrogens with zero attached hydrogens (tertiary/aromatic N) is 1. The Bertz CT molecular complexity index is 230. The van der Waals surface area contributed by atoms with Gasteiger partial charge in [-0.1, -0.05) is 20.8 Å². The van der Waals surface area contributed by atoms with E-state index in [1.54, 1.807) is 6.92 Å². The van der Waals surface area contributed by atoms with Crippen molar-refractivity contribution in [3.8, 4) is 0 Å². The van der Waals surface area contributed by atoms with Crippen LogP contribution in [0.4, 0.5) is 0 Å². The molecule has 0 saturated heterocycles. The van der Waals surface area contributed by atoms with Gasteiger partial charge in [-0.15, -0.1) is 0 Å². The summed E-state index contributed by atoms with van der Waals surface area (Å²) in [5, 5.41) is 0. The van der Waals surface area contributed by atoms with E-state index in [1.807, 2.05) is 7.05 Å². The standard InChI is InChI=1S/C11H25N3O/c1-8(10(2,3)4)14(6)7-11(5,13)9(12)15/h8H,7,13H2,1-6H3,(H2,12,15). The molecule has 0 aliphatic rings. The van der Waals surface area contributed by atoms with E-state index in [0.29, 0.717) is 12.6 Å². The van der Waals surface area contributed by atoms with Gasteiger partial charge in [-0.3, -0.25) is 4.79 Å². The summed E-state index contributed by atoms with van der Waals surface area (Å²) in [5.74, 6) is -0.463. The zero-order valence-electron chi connectivity index (χ0n) is 10.8. The van der Waals surface area contributed by atoms with Crippen molar-refractivity contribution >= 4 is 5.91 Å². The maximum absolute atomic E-state index is 11.1. The van der Waals surface area contributed by atoms with Crippen LogP contribution in [0.5, 0.6) is 0 Å². The maximum atomic E-state index is 11.1. The highest BCUT2D eigenvalue weighted by Crippen LogP contribution is 2.23. The first-order chi connectivity index (χ1) is 6.48. The fourth-order valence-corrected chi connectivity index (χ4v) is 1.39. The van der Waals surface area contributed by atoms with Crippen molar-refractivity contribution in [2.24, 2.45) is 16.9 Å². The summed E-state index contributed by atoms with van der Waals surface area (Å²) in [6.45, 7) is 10.7. The van der Waals surface area contributed by atoms with E-state index in [0.717, 1.165) is 0 Å². The number of carbonyl (C=O) groups is 1. The molecule has 90 valence electrons. The molecule has 0 saturated carbocycles. The molecule has 0 fully saturated rings. The van der Waals surface area contributed by atoms with Crippen LogP contribution >= 0.6 is 0 Å². The molecule has 0 aliphatic carbocycles. The minimum absolute atomic E-state index is 0.155. The van der Waals surface area contributed by atoms with Crippen molar-refractivity contribution in [1.82, 2.24) is 4.90 Å². The van der Waals surface area contributed by atoms with Crippen LogP contribution in [0.3, 0.4) is 0 Å². The topological polar surface area (TPSA) is 72.3 Å². The van der Waals surface area contributed by atoms with Gasteiger partial charge >= 0.3 is 0 Å². The van der Waals surface area contributed by atoms with Crippen LogP contribution in [-0.4, -0.2) is 36.0 Å². The molecule has 0 spiro atoms. The predicted molar refractivity (Wildman–Crippen MR) is 63.3 cm³/mol. The molecule has 0 aromatic rings. The van der Waals surface area contributed by atoms with Crippen LogP contribution in [-0.2, 0) is 4.79 Å². The van der Waals surface area contributed by atoms with Gasteiger partial charge in [-0.2, -0.15) is 0 Å². The molecular formula is C11H25N3O. The third-order valence-electron chi connectivity index (χ3n) is 3.06. The van der Waals surface area contributed by atoms with E-state index in [9.17, 15) is 4.79 Å². The highest BCUT2D eigenvalue weighted by atomic mass is 16.1. The molecule has 4 N–H and O–H groups in total. The van der Waals surface area contributed by atoms with Crippen LogP contribution in [0.1, 0.15) is 34.6 Å². The Morgan fingerprint density at radius 1 is 1.33 bits per heavy atom. The average molecular weight is 215 g/mol. The van der Waals surface area contributed by atoms with Gasteiger partial charge in [0.05, 0.1) is 0 Å². The third-order valence-corrected chi connectivity index (χ3v) is 3.06. The second-order valence-electron chi connectivity index (χ2n) is 5.74. The Morgan fingerprint density at radius 2 is 1.73 bits per heavy atom. The molecule has 0 rings (SSSR count). The van der Waals surface area contributed by atoms with Crippen LogP contribution < -0.4 is 11.5 Å². The summed E-state index contributed by atoms with van der Waals surface area (Å²) < 4.78 is 0. The van der Waals surface area contributed by atoms with Crippen molar-refractivity contribution in [1.29, 1.82) is 0 Å². The smallest absolute Gasteiger partial charge is 0.238 e. The molecule has 0 bridgehead atoms. The fraction of sp³-hybridized carbons (Fsp3) is 0.909. The van der Waals surface area contributed by atoms with E-state index in [-0.39, 0.29) is 5.41 Å². The molecule has 2 atom stereocenters. The minimum Gasteiger partial charge on any atom is -0.368 e. The lowest BCUT2D eigenvalue weighted by molar-refractivity contribution is -0.123. The third kappa shape index (κ3) is 4.18. The van der Waals surface area contributed by atoms with Crippen LogP contribution in [0.15, 0.2) is 0 Å². The molecular weight excluding hydrogens is 190 g/mol. The number of likely N-dealkylation sites (N-methyl/N-ethyl adjacent to an activating group) is 1. The summed E-state index contributed by atoms with van der Waals surface area (Å²) in [6, 6.07) is 0.333.